The van der Waals surface area contributed by atoms with Gasteiger partial charge >= 0.3 is 0 Å². The SMILES string of the molecule is Cc1sc2nc(SCC(=O)N3CCCc4ccccc43)n(C)c(=O)c2c1C. The zero-order valence-corrected chi connectivity index (χ0v) is 17.2. The Morgan fingerprint density at radius 2 is 2.07 bits per heavy atom. The van der Waals surface area contributed by atoms with E-state index < -0.39 is 0 Å². The molecule has 1 aromatic carbocycles. The Morgan fingerprint density at radius 3 is 2.89 bits per heavy atom. The molecule has 0 spiro atoms. The number of fused-ring (bicyclic) bond motifs is 2. The van der Waals surface area contributed by atoms with Crippen LogP contribution in [0.4, 0.5) is 5.69 Å². The largest absolute Gasteiger partial charge is 0.311 e. The molecule has 4 rings (SSSR count). The number of rotatable bonds is 3. The van der Waals surface area contributed by atoms with Gasteiger partial charge < -0.3 is 4.90 Å². The van der Waals surface area contributed by atoms with Gasteiger partial charge in [-0.3, -0.25) is 14.2 Å². The van der Waals surface area contributed by atoms with Gasteiger partial charge in [0.15, 0.2) is 5.16 Å². The fraction of sp³-hybridized carbons (Fsp3) is 0.350. The lowest BCUT2D eigenvalue weighted by Gasteiger charge is -2.29. The first-order valence-corrected chi connectivity index (χ1v) is 10.8. The number of thioether (sulfide) groups is 1. The van der Waals surface area contributed by atoms with Crippen LogP contribution in [0.15, 0.2) is 34.2 Å². The first-order valence-electron chi connectivity index (χ1n) is 8.95. The smallest absolute Gasteiger partial charge is 0.262 e. The fourth-order valence-corrected chi connectivity index (χ4v) is 5.40. The summed E-state index contributed by atoms with van der Waals surface area (Å²) in [4.78, 5) is 33.9. The number of nitrogens with zero attached hydrogens (tertiary/aromatic N) is 3. The minimum atomic E-state index is -0.0416. The summed E-state index contributed by atoms with van der Waals surface area (Å²) in [6.45, 7) is 4.71. The lowest BCUT2D eigenvalue weighted by Crippen LogP contribution is -2.36. The van der Waals surface area contributed by atoms with E-state index in [0.29, 0.717) is 10.5 Å². The number of aromatic nitrogens is 2. The van der Waals surface area contributed by atoms with E-state index in [1.807, 2.05) is 36.9 Å². The number of hydrogen-bond donors (Lipinski definition) is 0. The second-order valence-corrected chi connectivity index (χ2v) is 8.93. The lowest BCUT2D eigenvalue weighted by molar-refractivity contribution is -0.116. The number of carbonyl (C=O) groups is 1. The highest BCUT2D eigenvalue weighted by Gasteiger charge is 2.23. The second-order valence-electron chi connectivity index (χ2n) is 6.79. The number of carbonyl (C=O) groups excluding carboxylic acids is 1. The molecule has 3 aromatic rings. The summed E-state index contributed by atoms with van der Waals surface area (Å²) in [5.41, 5.74) is 3.19. The summed E-state index contributed by atoms with van der Waals surface area (Å²) < 4.78 is 1.56. The van der Waals surface area contributed by atoms with Gasteiger partial charge in [0.25, 0.3) is 5.56 Å². The van der Waals surface area contributed by atoms with Crippen molar-refractivity contribution >= 4 is 44.9 Å². The maximum absolute atomic E-state index is 12.8. The molecule has 1 amide bonds. The Morgan fingerprint density at radius 1 is 1.30 bits per heavy atom. The van der Waals surface area contributed by atoms with Crippen LogP contribution in [0.5, 0.6) is 0 Å². The van der Waals surface area contributed by atoms with E-state index >= 15 is 0 Å². The Bertz CT molecular complexity index is 1100. The zero-order chi connectivity index (χ0) is 19.1. The molecule has 0 atom stereocenters. The van der Waals surface area contributed by atoms with E-state index in [4.69, 9.17) is 0 Å². The molecule has 0 saturated heterocycles. The highest BCUT2D eigenvalue weighted by Crippen LogP contribution is 2.30. The molecular weight excluding hydrogens is 378 g/mol. The van der Waals surface area contributed by atoms with E-state index in [2.05, 4.69) is 11.1 Å². The van der Waals surface area contributed by atoms with Crippen LogP contribution in [-0.2, 0) is 18.3 Å². The minimum absolute atomic E-state index is 0.0416. The number of aryl methyl sites for hydroxylation is 3. The molecule has 5 nitrogen and oxygen atoms in total. The van der Waals surface area contributed by atoms with Crippen LogP contribution in [0.3, 0.4) is 0 Å². The highest BCUT2D eigenvalue weighted by molar-refractivity contribution is 7.99. The van der Waals surface area contributed by atoms with Crippen molar-refractivity contribution in [3.05, 3.63) is 50.6 Å². The van der Waals surface area contributed by atoms with E-state index in [-0.39, 0.29) is 17.2 Å². The van der Waals surface area contributed by atoms with Crippen molar-refractivity contribution in [2.75, 3.05) is 17.2 Å². The summed E-state index contributed by atoms with van der Waals surface area (Å²) >= 11 is 2.87. The summed E-state index contributed by atoms with van der Waals surface area (Å²) in [5, 5.41) is 1.29. The summed E-state index contributed by atoms with van der Waals surface area (Å²) in [5.74, 6) is 0.323. The third-order valence-corrected chi connectivity index (χ3v) is 7.22. The fourth-order valence-electron chi connectivity index (χ4n) is 3.48. The highest BCUT2D eigenvalue weighted by atomic mass is 32.2. The van der Waals surface area contributed by atoms with Crippen molar-refractivity contribution in [1.82, 2.24) is 9.55 Å². The number of hydrogen-bond acceptors (Lipinski definition) is 5. The normalized spacial score (nSPS) is 13.8. The van der Waals surface area contributed by atoms with Gasteiger partial charge in [0, 0.05) is 24.2 Å². The molecule has 2 aromatic heterocycles. The Kier molecular flexibility index (Phi) is 4.82. The second kappa shape index (κ2) is 7.13. The Balaban J connectivity index is 1.58. The molecule has 1 aliphatic heterocycles. The first-order chi connectivity index (χ1) is 13.0. The van der Waals surface area contributed by atoms with E-state index in [0.717, 1.165) is 40.3 Å². The molecular formula is C20H21N3O2S2. The molecule has 0 bridgehead atoms. The van der Waals surface area contributed by atoms with E-state index in [1.54, 1.807) is 11.6 Å². The third-order valence-electron chi connectivity index (χ3n) is 5.11. The van der Waals surface area contributed by atoms with Crippen molar-refractivity contribution in [3.63, 3.8) is 0 Å². The molecule has 7 heteroatoms. The van der Waals surface area contributed by atoms with E-state index in [1.165, 1.54) is 28.7 Å². The van der Waals surface area contributed by atoms with Crippen LogP contribution in [0.2, 0.25) is 0 Å². The minimum Gasteiger partial charge on any atom is -0.311 e. The monoisotopic (exact) mass is 399 g/mol. The van der Waals surface area contributed by atoms with Crippen LogP contribution in [0, 0.1) is 13.8 Å². The molecule has 0 unspecified atom stereocenters. The molecule has 1 aliphatic rings. The Hall–Kier alpha value is -2.12. The molecule has 0 N–H and O–H groups in total. The van der Waals surface area contributed by atoms with Crippen LogP contribution >= 0.6 is 23.1 Å². The van der Waals surface area contributed by atoms with Gasteiger partial charge in [0.2, 0.25) is 5.91 Å². The predicted molar refractivity (Wildman–Crippen MR) is 112 cm³/mol. The Labute approximate surface area is 166 Å². The molecule has 0 saturated carbocycles. The van der Waals surface area contributed by atoms with Gasteiger partial charge in [-0.05, 0) is 43.9 Å². The van der Waals surface area contributed by atoms with Gasteiger partial charge in [-0.2, -0.15) is 0 Å². The molecule has 0 aliphatic carbocycles. The van der Waals surface area contributed by atoms with Gasteiger partial charge in [-0.1, -0.05) is 30.0 Å². The topological polar surface area (TPSA) is 55.2 Å². The van der Waals surface area contributed by atoms with Crippen LogP contribution in [-0.4, -0.2) is 27.8 Å². The quantitative estimate of drug-likeness (QED) is 0.498. The number of anilines is 1. The van der Waals surface area contributed by atoms with Crippen molar-refractivity contribution < 1.29 is 4.79 Å². The van der Waals surface area contributed by atoms with Gasteiger partial charge in [-0.15, -0.1) is 11.3 Å². The maximum Gasteiger partial charge on any atom is 0.262 e. The molecule has 0 radical (unpaired) electrons. The molecule has 27 heavy (non-hydrogen) atoms. The van der Waals surface area contributed by atoms with Crippen LogP contribution in [0.25, 0.3) is 10.2 Å². The molecule has 140 valence electrons. The number of para-hydroxylation sites is 1. The standard InChI is InChI=1S/C20H21N3O2S2/c1-12-13(2)27-18-17(12)19(25)22(3)20(21-18)26-11-16(24)23-10-6-8-14-7-4-5-9-15(14)23/h4-5,7,9H,6,8,10-11H2,1-3H3. The van der Waals surface area contributed by atoms with Gasteiger partial charge in [0.05, 0.1) is 11.1 Å². The van der Waals surface area contributed by atoms with Crippen LogP contribution in [0.1, 0.15) is 22.4 Å². The average molecular weight is 400 g/mol. The molecule has 3 heterocycles. The number of benzene rings is 1. The average Bonchev–Trinajstić information content (AvgIpc) is 2.96. The van der Waals surface area contributed by atoms with Crippen molar-refractivity contribution in [2.45, 2.75) is 31.8 Å². The zero-order valence-electron chi connectivity index (χ0n) is 15.6. The lowest BCUT2D eigenvalue weighted by atomic mass is 10.0. The summed E-state index contributed by atoms with van der Waals surface area (Å²) in [6, 6.07) is 8.08. The van der Waals surface area contributed by atoms with Crippen molar-refractivity contribution in [3.8, 4) is 0 Å². The van der Waals surface area contributed by atoms with Crippen molar-refractivity contribution in [1.29, 1.82) is 0 Å². The van der Waals surface area contributed by atoms with Gasteiger partial charge in [0.1, 0.15) is 4.83 Å². The van der Waals surface area contributed by atoms with E-state index in [9.17, 15) is 9.59 Å². The predicted octanol–water partition coefficient (Wildman–Crippen LogP) is 3.68. The maximum atomic E-state index is 12.8. The third kappa shape index (κ3) is 3.19. The summed E-state index contributed by atoms with van der Waals surface area (Å²) in [7, 11) is 1.73. The van der Waals surface area contributed by atoms with Crippen LogP contribution < -0.4 is 10.5 Å². The molecule has 0 fully saturated rings. The number of amides is 1. The number of thiophene rings is 1. The van der Waals surface area contributed by atoms with Gasteiger partial charge in [-0.25, -0.2) is 4.98 Å². The summed E-state index contributed by atoms with van der Waals surface area (Å²) in [6.07, 6.45) is 1.99. The first kappa shape index (κ1) is 18.3. The van der Waals surface area contributed by atoms with Crippen molar-refractivity contribution in [2.24, 2.45) is 7.05 Å².